The largest absolute Gasteiger partial charge is 0.493 e. The van der Waals surface area contributed by atoms with Gasteiger partial charge in [-0.3, -0.25) is 4.79 Å². The summed E-state index contributed by atoms with van der Waals surface area (Å²) in [5, 5.41) is 9.97. The van der Waals surface area contributed by atoms with E-state index in [0.717, 1.165) is 5.69 Å². The topological polar surface area (TPSA) is 47.2 Å². The fraction of sp³-hybridized carbons (Fsp3) is 0. The molecule has 0 radical (unpaired) electrons. The molecule has 0 unspecified atom stereocenters. The lowest BCUT2D eigenvalue weighted by molar-refractivity contribution is 0.425. The summed E-state index contributed by atoms with van der Waals surface area (Å²) in [4.78, 5) is 12.0. The molecule has 0 saturated heterocycles. The zero-order chi connectivity index (χ0) is 13.2. The summed E-state index contributed by atoms with van der Waals surface area (Å²) < 4.78 is 2.92. The molecule has 0 amide bonds. The Balaban J connectivity index is 2.30. The van der Waals surface area contributed by atoms with Crippen molar-refractivity contribution in [3.05, 3.63) is 77.1 Å². The maximum atomic E-state index is 12.0. The summed E-state index contributed by atoms with van der Waals surface area (Å²) in [5.74, 6) is -0.0833. The molecular formula is C15H12N2O2. The fourth-order valence-electron chi connectivity index (χ4n) is 2.06. The molecule has 0 aliphatic carbocycles. The summed E-state index contributed by atoms with van der Waals surface area (Å²) in [7, 11) is 0. The van der Waals surface area contributed by atoms with Crippen LogP contribution in [-0.2, 0) is 0 Å². The van der Waals surface area contributed by atoms with Crippen LogP contribution in [0.1, 0.15) is 0 Å². The first kappa shape index (κ1) is 11.3. The van der Waals surface area contributed by atoms with Crippen LogP contribution in [0, 0.1) is 0 Å². The zero-order valence-electron chi connectivity index (χ0n) is 10.1. The number of para-hydroxylation sites is 2. The van der Waals surface area contributed by atoms with Crippen molar-refractivity contribution in [3.8, 4) is 17.3 Å². The molecule has 1 aromatic heterocycles. The molecule has 0 atom stereocenters. The van der Waals surface area contributed by atoms with E-state index in [-0.39, 0.29) is 11.4 Å². The van der Waals surface area contributed by atoms with Crippen molar-refractivity contribution >= 4 is 0 Å². The summed E-state index contributed by atoms with van der Waals surface area (Å²) in [6.07, 6.45) is 0. The second kappa shape index (κ2) is 4.49. The van der Waals surface area contributed by atoms with Gasteiger partial charge in [-0.25, -0.2) is 9.36 Å². The molecule has 94 valence electrons. The molecule has 0 aliphatic heterocycles. The van der Waals surface area contributed by atoms with Crippen molar-refractivity contribution in [2.75, 3.05) is 0 Å². The van der Waals surface area contributed by atoms with Crippen LogP contribution in [0.3, 0.4) is 0 Å². The lowest BCUT2D eigenvalue weighted by Gasteiger charge is -2.12. The Morgan fingerprint density at radius 3 is 1.74 bits per heavy atom. The zero-order valence-corrected chi connectivity index (χ0v) is 10.1. The van der Waals surface area contributed by atoms with Crippen LogP contribution in [-0.4, -0.2) is 14.5 Å². The van der Waals surface area contributed by atoms with Gasteiger partial charge in [0.15, 0.2) is 0 Å². The molecule has 3 rings (SSSR count). The first-order chi connectivity index (χ1) is 9.27. The van der Waals surface area contributed by atoms with Gasteiger partial charge in [0.1, 0.15) is 0 Å². The maximum Gasteiger partial charge on any atom is 0.275 e. The van der Waals surface area contributed by atoms with E-state index in [9.17, 15) is 9.90 Å². The summed E-state index contributed by atoms with van der Waals surface area (Å²) in [6, 6.07) is 19.7. The van der Waals surface area contributed by atoms with Gasteiger partial charge in [0, 0.05) is 0 Å². The second-order valence-corrected chi connectivity index (χ2v) is 4.14. The number of nitrogens with zero attached hydrogens (tertiary/aromatic N) is 2. The van der Waals surface area contributed by atoms with Crippen molar-refractivity contribution in [2.24, 2.45) is 0 Å². The molecule has 0 spiro atoms. The molecule has 0 fully saturated rings. The highest BCUT2D eigenvalue weighted by Gasteiger charge is 2.13. The number of aromatic nitrogens is 2. The van der Waals surface area contributed by atoms with Gasteiger partial charge < -0.3 is 5.11 Å². The van der Waals surface area contributed by atoms with Crippen molar-refractivity contribution in [1.29, 1.82) is 0 Å². The third-order valence-corrected chi connectivity index (χ3v) is 2.88. The van der Waals surface area contributed by atoms with Gasteiger partial charge >= 0.3 is 0 Å². The maximum absolute atomic E-state index is 12.0. The lowest BCUT2D eigenvalue weighted by Crippen LogP contribution is -2.19. The Morgan fingerprint density at radius 1 is 0.737 bits per heavy atom. The molecule has 4 heteroatoms. The Hall–Kier alpha value is -2.75. The van der Waals surface area contributed by atoms with Gasteiger partial charge in [-0.1, -0.05) is 36.4 Å². The highest BCUT2D eigenvalue weighted by molar-refractivity contribution is 5.39. The molecular weight excluding hydrogens is 240 g/mol. The van der Waals surface area contributed by atoms with E-state index in [4.69, 9.17) is 0 Å². The minimum atomic E-state index is -0.271. The normalized spacial score (nSPS) is 10.5. The highest BCUT2D eigenvalue weighted by atomic mass is 16.3. The molecule has 0 bridgehead atoms. The van der Waals surface area contributed by atoms with E-state index in [1.807, 2.05) is 60.7 Å². The van der Waals surface area contributed by atoms with Gasteiger partial charge in [-0.15, -0.1) is 0 Å². The van der Waals surface area contributed by atoms with Crippen LogP contribution in [0.15, 0.2) is 71.5 Å². The lowest BCUT2D eigenvalue weighted by atomic mass is 10.3. The molecule has 4 nitrogen and oxygen atoms in total. The molecule has 1 heterocycles. The average Bonchev–Trinajstić information content (AvgIpc) is 2.75. The monoisotopic (exact) mass is 252 g/mol. The Labute approximate surface area is 109 Å². The van der Waals surface area contributed by atoms with E-state index in [0.29, 0.717) is 5.69 Å². The quantitative estimate of drug-likeness (QED) is 0.761. The first-order valence-corrected chi connectivity index (χ1v) is 5.92. The van der Waals surface area contributed by atoms with E-state index >= 15 is 0 Å². The smallest absolute Gasteiger partial charge is 0.275 e. The predicted molar refractivity (Wildman–Crippen MR) is 73.0 cm³/mol. The molecule has 3 aromatic rings. The Bertz CT molecular complexity index is 743. The first-order valence-electron chi connectivity index (χ1n) is 5.92. The number of benzene rings is 2. The third-order valence-electron chi connectivity index (χ3n) is 2.88. The van der Waals surface area contributed by atoms with Crippen molar-refractivity contribution in [1.82, 2.24) is 9.36 Å². The molecule has 2 aromatic carbocycles. The summed E-state index contributed by atoms with van der Waals surface area (Å²) in [5.41, 5.74) is 1.16. The minimum absolute atomic E-state index is 0.0833. The van der Waals surface area contributed by atoms with Gasteiger partial charge in [0.25, 0.3) is 5.56 Å². The number of aromatic hydroxyl groups is 1. The van der Waals surface area contributed by atoms with E-state index in [1.165, 1.54) is 15.4 Å². The van der Waals surface area contributed by atoms with Crippen LogP contribution >= 0.6 is 0 Å². The Morgan fingerprint density at radius 2 is 1.21 bits per heavy atom. The van der Waals surface area contributed by atoms with Crippen molar-refractivity contribution < 1.29 is 5.11 Å². The van der Waals surface area contributed by atoms with Crippen LogP contribution in [0.4, 0.5) is 0 Å². The molecule has 1 N–H and O–H groups in total. The minimum Gasteiger partial charge on any atom is -0.493 e. The van der Waals surface area contributed by atoms with Gasteiger partial charge in [0.05, 0.1) is 17.4 Å². The summed E-state index contributed by atoms with van der Waals surface area (Å²) >= 11 is 0. The van der Waals surface area contributed by atoms with Gasteiger partial charge in [-0.05, 0) is 24.3 Å². The van der Waals surface area contributed by atoms with Gasteiger partial charge in [-0.2, -0.15) is 0 Å². The molecule has 0 saturated carbocycles. The van der Waals surface area contributed by atoms with E-state index in [2.05, 4.69) is 0 Å². The van der Waals surface area contributed by atoms with Crippen LogP contribution in [0.25, 0.3) is 11.4 Å². The Kier molecular flexibility index (Phi) is 2.68. The predicted octanol–water partition coefficient (Wildman–Crippen LogP) is 2.33. The second-order valence-electron chi connectivity index (χ2n) is 4.14. The van der Waals surface area contributed by atoms with Crippen LogP contribution in [0.5, 0.6) is 5.88 Å². The fourth-order valence-corrected chi connectivity index (χ4v) is 2.06. The SMILES string of the molecule is O=c1cc(O)n(-c2ccccc2)n1-c1ccccc1. The third kappa shape index (κ3) is 1.93. The average molecular weight is 252 g/mol. The van der Waals surface area contributed by atoms with Gasteiger partial charge in [0.2, 0.25) is 5.88 Å². The number of hydrogen-bond donors (Lipinski definition) is 1. The highest BCUT2D eigenvalue weighted by Crippen LogP contribution is 2.18. The van der Waals surface area contributed by atoms with E-state index < -0.39 is 0 Å². The van der Waals surface area contributed by atoms with Crippen molar-refractivity contribution in [2.45, 2.75) is 0 Å². The number of hydrogen-bond acceptors (Lipinski definition) is 2. The standard InChI is InChI=1S/C15H12N2O2/c18-14-11-15(19)17(13-9-5-2-6-10-13)16(14)12-7-3-1-4-8-12/h1-11,18H. The van der Waals surface area contributed by atoms with Crippen LogP contribution < -0.4 is 5.56 Å². The summed E-state index contributed by atoms with van der Waals surface area (Å²) in [6.45, 7) is 0. The van der Waals surface area contributed by atoms with E-state index in [1.54, 1.807) is 0 Å². The molecule has 19 heavy (non-hydrogen) atoms. The molecule has 0 aliphatic rings. The number of rotatable bonds is 2. The van der Waals surface area contributed by atoms with Crippen molar-refractivity contribution in [3.63, 3.8) is 0 Å². The van der Waals surface area contributed by atoms with Crippen LogP contribution in [0.2, 0.25) is 0 Å².